The van der Waals surface area contributed by atoms with Gasteiger partial charge in [0.25, 0.3) is 5.91 Å². The van der Waals surface area contributed by atoms with Crippen molar-refractivity contribution in [3.05, 3.63) is 0 Å². The van der Waals surface area contributed by atoms with Gasteiger partial charge in [0.05, 0.1) is 12.2 Å². The van der Waals surface area contributed by atoms with Gasteiger partial charge in [0.15, 0.2) is 0 Å². The van der Waals surface area contributed by atoms with E-state index < -0.39 is 11.6 Å². The lowest BCUT2D eigenvalue weighted by molar-refractivity contribution is -0.146. The van der Waals surface area contributed by atoms with Crippen LogP contribution in [0, 0.1) is 0 Å². The number of imide groups is 1. The van der Waals surface area contributed by atoms with Crippen LogP contribution >= 0.6 is 11.8 Å². The lowest BCUT2D eigenvalue weighted by Gasteiger charge is -2.35. The highest BCUT2D eigenvalue weighted by atomic mass is 32.2. The molecule has 4 amide bonds. The molecule has 3 aliphatic heterocycles. The third-order valence-electron chi connectivity index (χ3n) is 4.33. The van der Waals surface area contributed by atoms with Crippen molar-refractivity contribution >= 4 is 29.6 Å². The summed E-state index contributed by atoms with van der Waals surface area (Å²) in [6, 6.07) is -0.449. The van der Waals surface area contributed by atoms with Gasteiger partial charge < -0.3 is 15.0 Å². The molecule has 3 rings (SSSR count). The molecule has 0 aliphatic carbocycles. The van der Waals surface area contributed by atoms with Gasteiger partial charge in [-0.3, -0.25) is 14.5 Å². The smallest absolute Gasteiger partial charge is 0.325 e. The van der Waals surface area contributed by atoms with Crippen molar-refractivity contribution in [3.8, 4) is 0 Å². The molecule has 3 aliphatic rings. The van der Waals surface area contributed by atoms with Crippen molar-refractivity contribution in [3.63, 3.8) is 0 Å². The topological polar surface area (TPSA) is 79.0 Å². The summed E-state index contributed by atoms with van der Waals surface area (Å²) in [5.41, 5.74) is -0.784. The van der Waals surface area contributed by atoms with Crippen molar-refractivity contribution in [1.29, 1.82) is 0 Å². The number of morpholine rings is 1. The minimum Gasteiger partial charge on any atom is -0.372 e. The van der Waals surface area contributed by atoms with Crippen LogP contribution in [-0.2, 0) is 14.3 Å². The fraction of sp³-hybridized carbons (Fsp3) is 0.786. The monoisotopic (exact) mass is 327 g/mol. The summed E-state index contributed by atoms with van der Waals surface area (Å²) in [7, 11) is 0. The average Bonchev–Trinajstić information content (AvgIpc) is 2.99. The largest absolute Gasteiger partial charge is 0.372 e. The molecule has 8 heteroatoms. The highest BCUT2D eigenvalue weighted by Crippen LogP contribution is 2.33. The Labute approximate surface area is 133 Å². The first-order chi connectivity index (χ1) is 10.4. The number of urea groups is 1. The summed E-state index contributed by atoms with van der Waals surface area (Å²) in [4.78, 5) is 39.8. The van der Waals surface area contributed by atoms with Crippen LogP contribution in [0.4, 0.5) is 4.79 Å². The molecule has 7 nitrogen and oxygen atoms in total. The number of nitrogens with zero attached hydrogens (tertiary/aromatic N) is 2. The van der Waals surface area contributed by atoms with Gasteiger partial charge in [0.1, 0.15) is 12.1 Å². The van der Waals surface area contributed by atoms with E-state index in [1.807, 2.05) is 13.8 Å². The average molecular weight is 327 g/mol. The maximum atomic E-state index is 12.5. The van der Waals surface area contributed by atoms with Gasteiger partial charge in [-0.1, -0.05) is 0 Å². The van der Waals surface area contributed by atoms with Crippen molar-refractivity contribution in [2.75, 3.05) is 31.1 Å². The minimum atomic E-state index is -0.784. The number of hydrogen-bond acceptors (Lipinski definition) is 5. The number of carbonyl (C=O) groups is 3. The van der Waals surface area contributed by atoms with Crippen LogP contribution in [0.3, 0.4) is 0 Å². The molecule has 0 unspecified atom stereocenters. The third kappa shape index (κ3) is 2.69. The molecule has 0 bridgehead atoms. The maximum Gasteiger partial charge on any atom is 0.325 e. The maximum absolute atomic E-state index is 12.5. The van der Waals surface area contributed by atoms with Gasteiger partial charge in [0.2, 0.25) is 5.91 Å². The Morgan fingerprint density at radius 2 is 2.05 bits per heavy atom. The van der Waals surface area contributed by atoms with E-state index in [9.17, 15) is 14.4 Å². The molecule has 3 heterocycles. The van der Waals surface area contributed by atoms with Crippen molar-refractivity contribution < 1.29 is 19.1 Å². The van der Waals surface area contributed by atoms with E-state index in [1.165, 1.54) is 0 Å². The molecule has 0 radical (unpaired) electrons. The standard InChI is InChI=1S/C14H21N3O4S/c1-9-5-16(6-10(2)21-9)11(18)7-17-12(19)14(15-13(17)20)3-4-22-8-14/h9-10H,3-8H2,1-2H3,(H,15,20)/t9-,10+,14-/m0/s1. The van der Waals surface area contributed by atoms with Gasteiger partial charge in [-0.15, -0.1) is 0 Å². The second kappa shape index (κ2) is 5.73. The minimum absolute atomic E-state index is 0.0339. The molecule has 3 atom stereocenters. The second-order valence-corrected chi connectivity index (χ2v) is 7.37. The Hall–Kier alpha value is -1.28. The van der Waals surface area contributed by atoms with E-state index in [-0.39, 0.29) is 30.6 Å². The zero-order valence-corrected chi connectivity index (χ0v) is 13.6. The summed E-state index contributed by atoms with van der Waals surface area (Å²) in [5, 5.41) is 2.78. The summed E-state index contributed by atoms with van der Waals surface area (Å²) >= 11 is 1.65. The zero-order valence-electron chi connectivity index (χ0n) is 12.8. The van der Waals surface area contributed by atoms with E-state index in [4.69, 9.17) is 4.74 Å². The van der Waals surface area contributed by atoms with E-state index in [0.717, 1.165) is 10.7 Å². The van der Waals surface area contributed by atoms with Crippen molar-refractivity contribution in [1.82, 2.24) is 15.1 Å². The Balaban J connectivity index is 1.66. The molecule has 0 saturated carbocycles. The first-order valence-corrected chi connectivity index (χ1v) is 8.72. The number of carbonyl (C=O) groups excluding carboxylic acids is 3. The summed E-state index contributed by atoms with van der Waals surface area (Å²) in [5.74, 6) is 0.985. The summed E-state index contributed by atoms with van der Waals surface area (Å²) < 4.78 is 5.60. The molecule has 1 spiro atoms. The molecule has 0 aromatic carbocycles. The van der Waals surface area contributed by atoms with E-state index in [1.54, 1.807) is 16.7 Å². The summed E-state index contributed by atoms with van der Waals surface area (Å²) in [6.07, 6.45) is 0.570. The Bertz CT molecular complexity index is 496. The van der Waals surface area contributed by atoms with Crippen LogP contribution in [0.2, 0.25) is 0 Å². The van der Waals surface area contributed by atoms with E-state index in [2.05, 4.69) is 5.32 Å². The van der Waals surface area contributed by atoms with Crippen LogP contribution < -0.4 is 5.32 Å². The van der Waals surface area contributed by atoms with Crippen LogP contribution in [0.1, 0.15) is 20.3 Å². The van der Waals surface area contributed by atoms with Gasteiger partial charge in [-0.25, -0.2) is 4.79 Å². The molecule has 1 N–H and O–H groups in total. The van der Waals surface area contributed by atoms with Gasteiger partial charge in [-0.05, 0) is 26.0 Å². The lowest BCUT2D eigenvalue weighted by Crippen LogP contribution is -2.52. The van der Waals surface area contributed by atoms with Crippen LogP contribution in [0.15, 0.2) is 0 Å². The van der Waals surface area contributed by atoms with Crippen LogP contribution in [0.25, 0.3) is 0 Å². The predicted octanol–water partition coefficient (Wildman–Crippen LogP) is 0.0497. The molecular formula is C14H21N3O4S. The fourth-order valence-electron chi connectivity index (χ4n) is 3.27. The number of hydrogen-bond donors (Lipinski definition) is 1. The van der Waals surface area contributed by atoms with E-state index in [0.29, 0.717) is 25.3 Å². The van der Waals surface area contributed by atoms with Gasteiger partial charge in [0, 0.05) is 18.8 Å². The molecule has 0 aromatic heterocycles. The van der Waals surface area contributed by atoms with Crippen molar-refractivity contribution in [2.45, 2.75) is 38.0 Å². The first kappa shape index (κ1) is 15.6. The predicted molar refractivity (Wildman–Crippen MR) is 81.5 cm³/mol. The molecule has 3 fully saturated rings. The second-order valence-electron chi connectivity index (χ2n) is 6.26. The van der Waals surface area contributed by atoms with Crippen LogP contribution in [-0.4, -0.2) is 76.5 Å². The zero-order chi connectivity index (χ0) is 15.9. The highest BCUT2D eigenvalue weighted by molar-refractivity contribution is 7.99. The number of rotatable bonds is 2. The first-order valence-electron chi connectivity index (χ1n) is 7.56. The van der Waals surface area contributed by atoms with Crippen LogP contribution in [0.5, 0.6) is 0 Å². The molecule has 122 valence electrons. The number of nitrogens with one attached hydrogen (secondary N) is 1. The number of ether oxygens (including phenoxy) is 1. The summed E-state index contributed by atoms with van der Waals surface area (Å²) in [6.45, 7) is 4.63. The number of thioether (sulfide) groups is 1. The molecule has 22 heavy (non-hydrogen) atoms. The van der Waals surface area contributed by atoms with Gasteiger partial charge >= 0.3 is 6.03 Å². The molecular weight excluding hydrogens is 306 g/mol. The Morgan fingerprint density at radius 3 is 2.64 bits per heavy atom. The normalized spacial score (nSPS) is 35.4. The van der Waals surface area contributed by atoms with E-state index >= 15 is 0 Å². The van der Waals surface area contributed by atoms with Gasteiger partial charge in [-0.2, -0.15) is 11.8 Å². The fourth-order valence-corrected chi connectivity index (χ4v) is 4.59. The Kier molecular flexibility index (Phi) is 4.07. The SMILES string of the molecule is C[C@@H]1CN(C(=O)CN2C(=O)N[C@]3(CCSC3)C2=O)C[C@H](C)O1. The molecule has 3 saturated heterocycles. The highest BCUT2D eigenvalue weighted by Gasteiger charge is 2.53. The van der Waals surface area contributed by atoms with Crippen molar-refractivity contribution in [2.24, 2.45) is 0 Å². The lowest BCUT2D eigenvalue weighted by atomic mass is 9.99. The third-order valence-corrected chi connectivity index (χ3v) is 5.52. The number of amides is 4. The quantitative estimate of drug-likeness (QED) is 0.725. The Morgan fingerprint density at radius 1 is 1.36 bits per heavy atom. The molecule has 0 aromatic rings.